The number of methoxy groups -OCH3 is 2. The van der Waals surface area contributed by atoms with E-state index in [1.54, 1.807) is 36.4 Å². The molecular formula is C18H15ClO6. The molecule has 0 unspecified atom stereocenters. The molecule has 2 aromatic carbocycles. The fourth-order valence-corrected chi connectivity index (χ4v) is 2.05. The second-order valence-corrected chi connectivity index (χ2v) is 5.06. The number of benzene rings is 2. The lowest BCUT2D eigenvalue weighted by Crippen LogP contribution is -2.09. The summed E-state index contributed by atoms with van der Waals surface area (Å²) >= 11 is 5.80. The molecule has 0 bridgehead atoms. The molecule has 0 aliphatic heterocycles. The third kappa shape index (κ3) is 5.26. The molecule has 6 nitrogen and oxygen atoms in total. The van der Waals surface area contributed by atoms with Gasteiger partial charge < -0.3 is 18.9 Å². The number of carbonyl (C=O) groups is 2. The van der Waals surface area contributed by atoms with Gasteiger partial charge in [0, 0.05) is 17.2 Å². The Balaban J connectivity index is 2.02. The summed E-state index contributed by atoms with van der Waals surface area (Å²) in [6.45, 7) is 0. The molecule has 0 heterocycles. The molecule has 0 aromatic heterocycles. The summed E-state index contributed by atoms with van der Waals surface area (Å²) in [7, 11) is 2.87. The summed E-state index contributed by atoms with van der Waals surface area (Å²) in [5, 5.41) is 0.428. The Labute approximate surface area is 149 Å². The Morgan fingerprint density at radius 1 is 0.880 bits per heavy atom. The van der Waals surface area contributed by atoms with Crippen LogP contribution in [0.25, 0.3) is 0 Å². The lowest BCUT2D eigenvalue weighted by atomic mass is 10.3. The van der Waals surface area contributed by atoms with Crippen LogP contribution in [-0.4, -0.2) is 26.2 Å². The molecule has 0 aliphatic rings. The second kappa shape index (κ2) is 8.75. The Bertz CT molecular complexity index is 778. The summed E-state index contributed by atoms with van der Waals surface area (Å²) in [5.41, 5.74) is 0. The maximum atomic E-state index is 11.9. The first kappa shape index (κ1) is 18.4. The van der Waals surface area contributed by atoms with E-state index in [9.17, 15) is 9.59 Å². The minimum atomic E-state index is -0.786. The molecule has 0 atom stereocenters. The third-order valence-electron chi connectivity index (χ3n) is 2.96. The van der Waals surface area contributed by atoms with Gasteiger partial charge in [-0.15, -0.1) is 0 Å². The fourth-order valence-electron chi connectivity index (χ4n) is 1.87. The molecule has 2 aromatic rings. The molecule has 0 saturated carbocycles. The van der Waals surface area contributed by atoms with Crippen molar-refractivity contribution in [2.24, 2.45) is 0 Å². The summed E-state index contributed by atoms with van der Waals surface area (Å²) < 4.78 is 20.4. The lowest BCUT2D eigenvalue weighted by molar-refractivity contribution is -0.131. The van der Waals surface area contributed by atoms with Crippen molar-refractivity contribution in [2.45, 2.75) is 0 Å². The largest absolute Gasteiger partial charge is 0.493 e. The van der Waals surface area contributed by atoms with Crippen LogP contribution in [0, 0.1) is 0 Å². The van der Waals surface area contributed by atoms with Crippen molar-refractivity contribution in [3.63, 3.8) is 0 Å². The first-order chi connectivity index (χ1) is 12.0. The minimum Gasteiger partial charge on any atom is -0.493 e. The third-order valence-corrected chi connectivity index (χ3v) is 3.19. The summed E-state index contributed by atoms with van der Waals surface area (Å²) in [4.78, 5) is 23.6. The van der Waals surface area contributed by atoms with E-state index in [4.69, 9.17) is 30.5 Å². The van der Waals surface area contributed by atoms with Crippen molar-refractivity contribution in [1.82, 2.24) is 0 Å². The van der Waals surface area contributed by atoms with Crippen LogP contribution in [0.1, 0.15) is 0 Å². The number of para-hydroxylation sites is 1. The molecule has 0 aliphatic carbocycles. The number of halogens is 1. The highest BCUT2D eigenvalue weighted by Gasteiger charge is 2.14. The van der Waals surface area contributed by atoms with Crippen molar-refractivity contribution < 1.29 is 28.5 Å². The maximum absolute atomic E-state index is 11.9. The zero-order valence-corrected chi connectivity index (χ0v) is 14.3. The van der Waals surface area contributed by atoms with Gasteiger partial charge in [-0.1, -0.05) is 23.7 Å². The van der Waals surface area contributed by atoms with Crippen molar-refractivity contribution in [3.8, 4) is 23.0 Å². The average molecular weight is 363 g/mol. The molecule has 0 amide bonds. The molecule has 0 spiro atoms. The number of rotatable bonds is 6. The van der Waals surface area contributed by atoms with Crippen LogP contribution in [-0.2, 0) is 9.59 Å². The Kier molecular flexibility index (Phi) is 6.42. The monoisotopic (exact) mass is 362 g/mol. The SMILES string of the molecule is COc1cccc(OC)c1OC(=O)/C=C/C(=O)Oc1cccc(Cl)c1. The van der Waals surface area contributed by atoms with Gasteiger partial charge in [0.25, 0.3) is 0 Å². The number of hydrogen-bond donors (Lipinski definition) is 0. The molecule has 0 N–H and O–H groups in total. The van der Waals surface area contributed by atoms with Crippen LogP contribution in [0.15, 0.2) is 54.6 Å². The van der Waals surface area contributed by atoms with Gasteiger partial charge in [-0.25, -0.2) is 9.59 Å². The Morgan fingerprint density at radius 2 is 1.44 bits per heavy atom. The first-order valence-electron chi connectivity index (χ1n) is 7.11. The lowest BCUT2D eigenvalue weighted by Gasteiger charge is -2.11. The first-order valence-corrected chi connectivity index (χ1v) is 7.49. The smallest absolute Gasteiger partial charge is 0.336 e. The Morgan fingerprint density at radius 3 is 2.00 bits per heavy atom. The van der Waals surface area contributed by atoms with Gasteiger partial charge in [0.2, 0.25) is 5.75 Å². The van der Waals surface area contributed by atoms with Gasteiger partial charge in [0.05, 0.1) is 14.2 Å². The van der Waals surface area contributed by atoms with Crippen LogP contribution in [0.5, 0.6) is 23.0 Å². The molecule has 25 heavy (non-hydrogen) atoms. The summed E-state index contributed by atoms with van der Waals surface area (Å²) in [6, 6.07) is 11.2. The van der Waals surface area contributed by atoms with E-state index in [0.717, 1.165) is 12.2 Å². The number of esters is 2. The quantitative estimate of drug-likeness (QED) is 0.445. The normalized spacial score (nSPS) is 10.4. The van der Waals surface area contributed by atoms with E-state index in [-0.39, 0.29) is 11.5 Å². The zero-order chi connectivity index (χ0) is 18.2. The highest BCUT2D eigenvalue weighted by molar-refractivity contribution is 6.30. The molecule has 2 rings (SSSR count). The summed E-state index contributed by atoms with van der Waals surface area (Å²) in [5.74, 6) is -0.505. The van der Waals surface area contributed by atoms with Gasteiger partial charge in [0.15, 0.2) is 11.5 Å². The predicted octanol–water partition coefficient (Wildman–Crippen LogP) is 3.42. The highest BCUT2D eigenvalue weighted by atomic mass is 35.5. The number of ether oxygens (including phenoxy) is 4. The van der Waals surface area contributed by atoms with Crippen LogP contribution in [0.4, 0.5) is 0 Å². The predicted molar refractivity (Wildman–Crippen MR) is 91.4 cm³/mol. The highest BCUT2D eigenvalue weighted by Crippen LogP contribution is 2.36. The van der Waals surface area contributed by atoms with E-state index in [0.29, 0.717) is 16.5 Å². The van der Waals surface area contributed by atoms with E-state index in [1.807, 2.05) is 0 Å². The van der Waals surface area contributed by atoms with Gasteiger partial charge in [-0.3, -0.25) is 0 Å². The van der Waals surface area contributed by atoms with Crippen LogP contribution < -0.4 is 18.9 Å². The van der Waals surface area contributed by atoms with E-state index in [1.165, 1.54) is 20.3 Å². The van der Waals surface area contributed by atoms with Crippen molar-refractivity contribution in [2.75, 3.05) is 14.2 Å². The second-order valence-electron chi connectivity index (χ2n) is 4.62. The van der Waals surface area contributed by atoms with Gasteiger partial charge >= 0.3 is 11.9 Å². The van der Waals surface area contributed by atoms with Crippen LogP contribution >= 0.6 is 11.6 Å². The van der Waals surface area contributed by atoms with E-state index in [2.05, 4.69) is 0 Å². The van der Waals surface area contributed by atoms with E-state index < -0.39 is 11.9 Å². The van der Waals surface area contributed by atoms with Crippen LogP contribution in [0.2, 0.25) is 5.02 Å². The summed E-state index contributed by atoms with van der Waals surface area (Å²) in [6.07, 6.45) is 1.89. The molecule has 0 fully saturated rings. The molecule has 0 saturated heterocycles. The van der Waals surface area contributed by atoms with Crippen molar-refractivity contribution >= 4 is 23.5 Å². The maximum Gasteiger partial charge on any atom is 0.336 e. The Hall–Kier alpha value is -2.99. The number of carbonyl (C=O) groups excluding carboxylic acids is 2. The van der Waals surface area contributed by atoms with Gasteiger partial charge in [-0.05, 0) is 30.3 Å². The molecule has 0 radical (unpaired) electrons. The molecular weight excluding hydrogens is 348 g/mol. The fraction of sp³-hybridized carbons (Fsp3) is 0.111. The van der Waals surface area contributed by atoms with Gasteiger partial charge in [-0.2, -0.15) is 0 Å². The minimum absolute atomic E-state index is 0.116. The molecule has 7 heteroatoms. The van der Waals surface area contributed by atoms with Crippen molar-refractivity contribution in [1.29, 1.82) is 0 Å². The number of hydrogen-bond acceptors (Lipinski definition) is 6. The van der Waals surface area contributed by atoms with Gasteiger partial charge in [0.1, 0.15) is 5.75 Å². The topological polar surface area (TPSA) is 71.1 Å². The van der Waals surface area contributed by atoms with Crippen molar-refractivity contribution in [3.05, 3.63) is 59.6 Å². The zero-order valence-electron chi connectivity index (χ0n) is 13.5. The standard InChI is InChI=1S/C18H15ClO6/c1-22-14-7-4-8-15(23-2)18(14)25-17(21)10-9-16(20)24-13-6-3-5-12(19)11-13/h3-11H,1-2H3/b10-9+. The average Bonchev–Trinajstić information content (AvgIpc) is 2.60. The molecule has 130 valence electrons. The van der Waals surface area contributed by atoms with Crippen LogP contribution in [0.3, 0.4) is 0 Å². The van der Waals surface area contributed by atoms with E-state index >= 15 is 0 Å².